The van der Waals surface area contributed by atoms with Crippen LogP contribution in [0.1, 0.15) is 66.2 Å². The van der Waals surface area contributed by atoms with Gasteiger partial charge in [0, 0.05) is 26.7 Å². The number of ether oxygens (including phenoxy) is 2. The Kier molecular flexibility index (Phi) is 21.7. The molecule has 6 N–H and O–H groups in total. The molecule has 0 bridgehead atoms. The lowest BCUT2D eigenvalue weighted by Gasteiger charge is -2.09. The van der Waals surface area contributed by atoms with Crippen LogP contribution >= 0.6 is 0 Å². The molecule has 0 atom stereocenters. The van der Waals surface area contributed by atoms with Crippen molar-refractivity contribution in [1.82, 2.24) is 31.9 Å². The lowest BCUT2D eigenvalue weighted by atomic mass is 10.2. The molecule has 0 aliphatic heterocycles. The average Bonchev–Trinajstić information content (AvgIpc) is 2.76. The van der Waals surface area contributed by atoms with E-state index in [4.69, 9.17) is 0 Å². The molecule has 0 aliphatic carbocycles. The fraction of sp³-hybridized carbons (Fsp3) is 0.700. The molecule has 0 heterocycles. The average molecular weight is 491 g/mol. The van der Waals surface area contributed by atoms with Gasteiger partial charge in [0.25, 0.3) is 0 Å². The molecule has 14 nitrogen and oxygen atoms in total. The number of hydrogen-bond donors (Lipinski definition) is 6. The summed E-state index contributed by atoms with van der Waals surface area (Å²) in [6.45, 7) is 6.18. The van der Waals surface area contributed by atoms with Crippen molar-refractivity contribution in [3.63, 3.8) is 0 Å². The maximum atomic E-state index is 11.2. The van der Waals surface area contributed by atoms with Gasteiger partial charge in [0.2, 0.25) is 30.4 Å². The molecule has 0 aromatic carbocycles. The molecule has 0 radical (unpaired) electrons. The number of rotatable bonds is 14. The Hall–Kier alpha value is -3.58. The van der Waals surface area contributed by atoms with Crippen molar-refractivity contribution in [3.8, 4) is 0 Å². The first-order valence-corrected chi connectivity index (χ1v) is 11.0. The fourth-order valence-electron chi connectivity index (χ4n) is 1.81. The number of unbranched alkanes of at least 4 members (excludes halogenated alkanes) is 2. The highest BCUT2D eigenvalue weighted by molar-refractivity contribution is 5.77. The van der Waals surface area contributed by atoms with Gasteiger partial charge in [-0.2, -0.15) is 0 Å². The van der Waals surface area contributed by atoms with Gasteiger partial charge in [0.05, 0.1) is 20.0 Å². The zero-order valence-electron chi connectivity index (χ0n) is 20.3. The molecule has 0 aliphatic rings. The third kappa shape index (κ3) is 26.5. The van der Waals surface area contributed by atoms with Crippen LogP contribution in [0.2, 0.25) is 0 Å². The summed E-state index contributed by atoms with van der Waals surface area (Å²) in [5.41, 5.74) is 0. The van der Waals surface area contributed by atoms with Crippen LogP contribution in [0.5, 0.6) is 0 Å². The Balaban J connectivity index is 0. The molecular formula is C20H38N6O8. The fourth-order valence-corrected chi connectivity index (χ4v) is 1.81. The minimum absolute atomic E-state index is 0.00870. The summed E-state index contributed by atoms with van der Waals surface area (Å²) in [4.78, 5) is 65.3. The van der Waals surface area contributed by atoms with Gasteiger partial charge < -0.3 is 41.4 Å². The monoisotopic (exact) mass is 490 g/mol. The van der Waals surface area contributed by atoms with E-state index in [1.54, 1.807) is 0 Å². The molecule has 0 aromatic rings. The van der Waals surface area contributed by atoms with Gasteiger partial charge in [-0.3, -0.25) is 19.2 Å². The molecule has 0 unspecified atom stereocenters. The van der Waals surface area contributed by atoms with Gasteiger partial charge in [-0.1, -0.05) is 26.7 Å². The molecule has 6 amide bonds. The zero-order valence-corrected chi connectivity index (χ0v) is 20.3. The van der Waals surface area contributed by atoms with Crippen molar-refractivity contribution in [2.75, 3.05) is 26.8 Å². The quantitative estimate of drug-likeness (QED) is 0.185. The number of nitrogens with one attached hydrogen (secondary N) is 6. The van der Waals surface area contributed by atoms with E-state index in [-0.39, 0.29) is 43.6 Å². The van der Waals surface area contributed by atoms with Crippen molar-refractivity contribution in [1.29, 1.82) is 0 Å². The standard InChI is InChI=1S/C12H22N4O6.C8H16N2O2/c1-3-4-5-10(18)14-7-16-12(20)22-8-21-11(19)15-6-13-9(2)17;1-3-4-5-8(12)10-6-9-7(2)11/h3-8H2,1-2H3,(H,13,17)(H,14,18)(H,15,19)(H,16,20);3-6H2,1-2H3,(H,9,11)(H,10,12). The van der Waals surface area contributed by atoms with E-state index in [0.29, 0.717) is 12.8 Å². The number of carbonyl (C=O) groups is 6. The first kappa shape index (κ1) is 32.6. The van der Waals surface area contributed by atoms with Crippen LogP contribution in [0.15, 0.2) is 0 Å². The van der Waals surface area contributed by atoms with E-state index < -0.39 is 19.0 Å². The van der Waals surface area contributed by atoms with E-state index in [1.165, 1.54) is 13.8 Å². The van der Waals surface area contributed by atoms with Crippen LogP contribution < -0.4 is 31.9 Å². The topological polar surface area (TPSA) is 193 Å². The highest BCUT2D eigenvalue weighted by Crippen LogP contribution is 1.92. The number of carbonyl (C=O) groups excluding carboxylic acids is 6. The van der Waals surface area contributed by atoms with Crippen LogP contribution in [0, 0.1) is 0 Å². The lowest BCUT2D eigenvalue weighted by Crippen LogP contribution is -2.39. The zero-order chi connectivity index (χ0) is 26.2. The Morgan fingerprint density at radius 2 is 0.912 bits per heavy atom. The van der Waals surface area contributed by atoms with E-state index in [1.807, 2.05) is 13.8 Å². The van der Waals surface area contributed by atoms with Crippen LogP contribution in [-0.4, -0.2) is 62.6 Å². The second kappa shape index (κ2) is 22.6. The largest absolute Gasteiger partial charge is 0.412 e. The summed E-state index contributed by atoms with van der Waals surface area (Å²) < 4.78 is 9.03. The number of hydrogen-bond acceptors (Lipinski definition) is 8. The van der Waals surface area contributed by atoms with E-state index in [9.17, 15) is 28.8 Å². The van der Waals surface area contributed by atoms with Gasteiger partial charge in [-0.15, -0.1) is 0 Å². The first-order chi connectivity index (χ1) is 16.1. The summed E-state index contributed by atoms with van der Waals surface area (Å²) in [7, 11) is 0. The Labute approximate surface area is 199 Å². The normalized spacial score (nSPS) is 9.29. The summed E-state index contributed by atoms with van der Waals surface area (Å²) in [6, 6.07) is 0. The van der Waals surface area contributed by atoms with E-state index in [0.717, 1.165) is 25.7 Å². The molecule has 0 saturated carbocycles. The van der Waals surface area contributed by atoms with Crippen molar-refractivity contribution in [3.05, 3.63) is 0 Å². The van der Waals surface area contributed by atoms with E-state index in [2.05, 4.69) is 41.4 Å². The summed E-state index contributed by atoms with van der Waals surface area (Å²) in [5.74, 6) is -0.621. The van der Waals surface area contributed by atoms with Gasteiger partial charge in [0.1, 0.15) is 0 Å². The highest BCUT2D eigenvalue weighted by Gasteiger charge is 2.06. The Morgan fingerprint density at radius 1 is 0.559 bits per heavy atom. The molecule has 196 valence electrons. The number of alkyl carbamates (subject to hydrolysis) is 2. The second-order valence-electron chi connectivity index (χ2n) is 6.74. The molecule has 0 aromatic heterocycles. The van der Waals surface area contributed by atoms with Crippen molar-refractivity contribution in [2.45, 2.75) is 66.2 Å². The van der Waals surface area contributed by atoms with Crippen LogP contribution in [0.25, 0.3) is 0 Å². The van der Waals surface area contributed by atoms with Gasteiger partial charge >= 0.3 is 12.2 Å². The van der Waals surface area contributed by atoms with E-state index >= 15 is 0 Å². The smallest absolute Gasteiger partial charge is 0.411 e. The molecule has 0 spiro atoms. The predicted octanol–water partition coefficient (Wildman–Crippen LogP) is 0.140. The van der Waals surface area contributed by atoms with Gasteiger partial charge in [-0.05, 0) is 12.8 Å². The highest BCUT2D eigenvalue weighted by atomic mass is 16.7. The Bertz CT molecular complexity index is 645. The molecule has 0 saturated heterocycles. The van der Waals surface area contributed by atoms with Crippen LogP contribution in [-0.2, 0) is 28.7 Å². The maximum Gasteiger partial charge on any atom is 0.411 e. The van der Waals surface area contributed by atoms with Gasteiger partial charge in [-0.25, -0.2) is 9.59 Å². The molecule has 0 rings (SSSR count). The molecule has 0 fully saturated rings. The van der Waals surface area contributed by atoms with Crippen LogP contribution in [0.4, 0.5) is 9.59 Å². The summed E-state index contributed by atoms with van der Waals surface area (Å²) >= 11 is 0. The molecular weight excluding hydrogens is 452 g/mol. The molecule has 34 heavy (non-hydrogen) atoms. The predicted molar refractivity (Wildman–Crippen MR) is 122 cm³/mol. The van der Waals surface area contributed by atoms with Crippen LogP contribution in [0.3, 0.4) is 0 Å². The van der Waals surface area contributed by atoms with Gasteiger partial charge in [0.15, 0.2) is 0 Å². The number of amides is 6. The third-order valence-electron chi connectivity index (χ3n) is 3.61. The van der Waals surface area contributed by atoms with Crippen molar-refractivity contribution < 1.29 is 38.2 Å². The first-order valence-electron chi connectivity index (χ1n) is 11.0. The third-order valence-corrected chi connectivity index (χ3v) is 3.61. The molecule has 14 heteroatoms. The minimum Gasteiger partial charge on any atom is -0.412 e. The summed E-state index contributed by atoms with van der Waals surface area (Å²) in [6.07, 6.45) is 2.82. The van der Waals surface area contributed by atoms with Crippen molar-refractivity contribution >= 4 is 35.8 Å². The lowest BCUT2D eigenvalue weighted by molar-refractivity contribution is -0.123. The van der Waals surface area contributed by atoms with Crippen molar-refractivity contribution in [2.24, 2.45) is 0 Å². The minimum atomic E-state index is -0.852. The Morgan fingerprint density at radius 3 is 1.26 bits per heavy atom. The second-order valence-corrected chi connectivity index (χ2v) is 6.74. The summed E-state index contributed by atoms with van der Waals surface area (Å²) in [5, 5.41) is 14.3. The maximum absolute atomic E-state index is 11.2. The SMILES string of the molecule is CCCCC(=O)NCNC(=O)OCOC(=O)NCNC(C)=O.CCCCC(=O)NCNC(C)=O.